The molecular weight excluding hydrogens is 561 g/mol. The van der Waals surface area contributed by atoms with E-state index in [0.29, 0.717) is 28.3 Å². The van der Waals surface area contributed by atoms with Gasteiger partial charge in [0.1, 0.15) is 11.6 Å². The lowest BCUT2D eigenvalue weighted by atomic mass is 9.49. The van der Waals surface area contributed by atoms with E-state index >= 15 is 0 Å². The fourth-order valence-corrected chi connectivity index (χ4v) is 7.77. The number of allylic oxidation sites excluding steroid dienone is 2. The molecule has 212 valence electrons. The van der Waals surface area contributed by atoms with Crippen LogP contribution in [0.5, 0.6) is 5.75 Å². The average Bonchev–Trinajstić information content (AvgIpc) is 3.38. The molecule has 2 aliphatic heterocycles. The van der Waals surface area contributed by atoms with Crippen molar-refractivity contribution in [2.75, 3.05) is 5.43 Å². The second kappa shape index (κ2) is 9.52. The van der Waals surface area contributed by atoms with Crippen LogP contribution in [0.3, 0.4) is 0 Å². The molecule has 3 N–H and O–H groups in total. The van der Waals surface area contributed by atoms with E-state index in [1.54, 1.807) is 42.5 Å². The molecule has 4 amide bonds. The molecular formula is C32H25ClFN3O5. The summed E-state index contributed by atoms with van der Waals surface area (Å²) in [6, 6.07) is 18.7. The lowest BCUT2D eigenvalue weighted by Gasteiger charge is -2.50. The number of amides is 4. The summed E-state index contributed by atoms with van der Waals surface area (Å²) in [5, 5.41) is 14.4. The molecule has 42 heavy (non-hydrogen) atoms. The van der Waals surface area contributed by atoms with Crippen LogP contribution >= 0.6 is 11.6 Å². The van der Waals surface area contributed by atoms with Gasteiger partial charge in [-0.05, 0) is 78.4 Å². The van der Waals surface area contributed by atoms with Gasteiger partial charge in [-0.25, -0.2) is 4.39 Å². The third kappa shape index (κ3) is 3.73. The number of phenolic OH excluding ortho intramolecular Hbond substituents is 1. The van der Waals surface area contributed by atoms with Crippen molar-refractivity contribution in [1.82, 2.24) is 10.3 Å². The first-order chi connectivity index (χ1) is 20.2. The first kappa shape index (κ1) is 26.4. The van der Waals surface area contributed by atoms with Gasteiger partial charge in [-0.15, -0.1) is 0 Å². The van der Waals surface area contributed by atoms with E-state index in [0.717, 1.165) is 10.6 Å². The SMILES string of the molecule is O=C1NC(=O)[C@H]2CC=C3[C@@H](C[C@H]4C(=O)N(Nc5ccc(F)cc5)C(=O)[C@@]4(c4ccc(Cl)cc4)[C@H]3c3cccc(O)c3)[C@@H]12. The number of nitrogens with zero attached hydrogens (tertiary/aromatic N) is 1. The van der Waals surface area contributed by atoms with E-state index in [1.165, 1.54) is 30.3 Å². The number of imide groups is 2. The van der Waals surface area contributed by atoms with Crippen molar-refractivity contribution in [3.8, 4) is 5.75 Å². The lowest BCUT2D eigenvalue weighted by molar-refractivity contribution is -0.138. The van der Waals surface area contributed by atoms with Crippen molar-refractivity contribution in [3.63, 3.8) is 0 Å². The number of carbonyl (C=O) groups excluding carboxylic acids is 4. The molecule has 0 aromatic heterocycles. The van der Waals surface area contributed by atoms with Crippen molar-refractivity contribution in [2.24, 2.45) is 23.7 Å². The maximum absolute atomic E-state index is 14.8. The number of nitrogens with one attached hydrogen (secondary N) is 2. The number of phenols is 1. The van der Waals surface area contributed by atoms with Crippen molar-refractivity contribution >= 4 is 40.9 Å². The molecule has 2 aliphatic carbocycles. The van der Waals surface area contributed by atoms with E-state index < -0.39 is 52.6 Å². The van der Waals surface area contributed by atoms with Gasteiger partial charge < -0.3 is 5.11 Å². The summed E-state index contributed by atoms with van der Waals surface area (Å²) in [5.41, 5.74) is 3.70. The van der Waals surface area contributed by atoms with Gasteiger partial charge >= 0.3 is 0 Å². The number of fused-ring (bicyclic) bond motifs is 4. The zero-order valence-corrected chi connectivity index (χ0v) is 22.8. The van der Waals surface area contributed by atoms with E-state index in [1.807, 2.05) is 6.08 Å². The molecule has 4 aliphatic rings. The number of anilines is 1. The standard InChI is InChI=1S/C32H25ClFN3O5/c33-18-6-4-17(5-7-18)32-25(30(41)37(31(32)42)36-20-10-8-19(34)9-11-20)15-24-22(27(32)16-2-1-3-21(38)14-16)12-13-23-26(24)29(40)35-28(23)39/h1-12,14,23-27,36,38H,13,15H2,(H,35,39,40)/t23-,24+,25-,26-,27-,32+/m0/s1. The lowest BCUT2D eigenvalue weighted by Crippen LogP contribution is -2.53. The molecule has 7 rings (SSSR count). The van der Waals surface area contributed by atoms with Crippen LogP contribution in [-0.2, 0) is 24.6 Å². The molecule has 3 aromatic carbocycles. The summed E-state index contributed by atoms with van der Waals surface area (Å²) in [4.78, 5) is 54.9. The Morgan fingerprint density at radius 1 is 0.952 bits per heavy atom. The quantitative estimate of drug-likeness (QED) is 0.308. The fourth-order valence-electron chi connectivity index (χ4n) is 7.65. The highest BCUT2D eigenvalue weighted by molar-refractivity contribution is 6.30. The van der Waals surface area contributed by atoms with Crippen molar-refractivity contribution in [1.29, 1.82) is 0 Å². The molecule has 0 bridgehead atoms. The van der Waals surface area contributed by atoms with E-state index in [2.05, 4.69) is 10.7 Å². The largest absolute Gasteiger partial charge is 0.508 e. The van der Waals surface area contributed by atoms with Gasteiger partial charge in [-0.1, -0.05) is 47.5 Å². The number of rotatable bonds is 4. The summed E-state index contributed by atoms with van der Waals surface area (Å²) in [6.45, 7) is 0. The predicted molar refractivity (Wildman–Crippen MR) is 150 cm³/mol. The van der Waals surface area contributed by atoms with Gasteiger partial charge in [0.15, 0.2) is 0 Å². The molecule has 3 fully saturated rings. The maximum Gasteiger partial charge on any atom is 0.260 e. The molecule has 3 aromatic rings. The number of carbonyl (C=O) groups is 4. The summed E-state index contributed by atoms with van der Waals surface area (Å²) >= 11 is 6.25. The molecule has 6 atom stereocenters. The van der Waals surface area contributed by atoms with E-state index in [4.69, 9.17) is 11.6 Å². The average molecular weight is 586 g/mol. The Bertz CT molecular complexity index is 1690. The number of halogens is 2. The van der Waals surface area contributed by atoms with Crippen LogP contribution < -0.4 is 10.7 Å². The first-order valence-corrected chi connectivity index (χ1v) is 14.1. The number of hydrazine groups is 1. The fraction of sp³-hybridized carbons (Fsp3) is 0.250. The van der Waals surface area contributed by atoms with Crippen LogP contribution in [-0.4, -0.2) is 33.7 Å². The minimum atomic E-state index is -1.48. The molecule has 2 saturated heterocycles. The highest BCUT2D eigenvalue weighted by Crippen LogP contribution is 2.63. The minimum Gasteiger partial charge on any atom is -0.508 e. The van der Waals surface area contributed by atoms with E-state index in [9.17, 15) is 28.7 Å². The predicted octanol–water partition coefficient (Wildman–Crippen LogP) is 4.46. The Labute approximate surface area is 245 Å². The monoisotopic (exact) mass is 585 g/mol. The Hall–Kier alpha value is -4.50. The molecule has 0 unspecified atom stereocenters. The second-order valence-electron chi connectivity index (χ2n) is 11.3. The highest BCUT2D eigenvalue weighted by atomic mass is 35.5. The van der Waals surface area contributed by atoms with Gasteiger partial charge in [0.25, 0.3) is 11.8 Å². The molecule has 1 saturated carbocycles. The molecule has 0 radical (unpaired) electrons. The Morgan fingerprint density at radius 2 is 1.69 bits per heavy atom. The van der Waals surface area contributed by atoms with Gasteiger partial charge in [0.2, 0.25) is 11.8 Å². The van der Waals surface area contributed by atoms with Crippen LogP contribution in [0.1, 0.15) is 29.9 Å². The molecule has 8 nitrogen and oxygen atoms in total. The van der Waals surface area contributed by atoms with Crippen LogP contribution in [0.25, 0.3) is 0 Å². The smallest absolute Gasteiger partial charge is 0.260 e. The number of benzene rings is 3. The molecule has 0 spiro atoms. The Balaban J connectivity index is 1.47. The minimum absolute atomic E-state index is 0.0152. The topological polar surface area (TPSA) is 116 Å². The normalized spacial score (nSPS) is 29.9. The van der Waals surface area contributed by atoms with Crippen LogP contribution in [0.4, 0.5) is 10.1 Å². The number of aromatic hydroxyl groups is 1. The summed E-state index contributed by atoms with van der Waals surface area (Å²) in [5.74, 6) is -5.64. The zero-order chi connectivity index (χ0) is 29.3. The third-order valence-corrected chi connectivity index (χ3v) is 9.55. The van der Waals surface area contributed by atoms with E-state index in [-0.39, 0.29) is 24.0 Å². The third-order valence-electron chi connectivity index (χ3n) is 9.30. The Kier molecular flexibility index (Phi) is 5.99. The summed E-state index contributed by atoms with van der Waals surface area (Å²) in [6.07, 6.45) is 2.39. The second-order valence-corrected chi connectivity index (χ2v) is 11.8. The maximum atomic E-state index is 14.8. The highest BCUT2D eigenvalue weighted by Gasteiger charge is 2.70. The molecule has 2 heterocycles. The number of hydrogen-bond donors (Lipinski definition) is 3. The van der Waals surface area contributed by atoms with Crippen molar-refractivity contribution < 1.29 is 28.7 Å². The van der Waals surface area contributed by atoms with Crippen molar-refractivity contribution in [2.45, 2.75) is 24.2 Å². The first-order valence-electron chi connectivity index (χ1n) is 13.7. The van der Waals surface area contributed by atoms with Crippen LogP contribution in [0.15, 0.2) is 84.4 Å². The zero-order valence-electron chi connectivity index (χ0n) is 22.1. The van der Waals surface area contributed by atoms with Gasteiger partial charge in [-0.3, -0.25) is 29.9 Å². The van der Waals surface area contributed by atoms with Crippen molar-refractivity contribution in [3.05, 3.63) is 106 Å². The van der Waals surface area contributed by atoms with Crippen LogP contribution in [0.2, 0.25) is 5.02 Å². The summed E-state index contributed by atoms with van der Waals surface area (Å²) in [7, 11) is 0. The Morgan fingerprint density at radius 3 is 2.40 bits per heavy atom. The van der Waals surface area contributed by atoms with Gasteiger partial charge in [0, 0.05) is 10.9 Å². The number of hydrogen-bond acceptors (Lipinski definition) is 6. The van der Waals surface area contributed by atoms with Gasteiger partial charge in [0.05, 0.1) is 28.9 Å². The van der Waals surface area contributed by atoms with Crippen LogP contribution in [0, 0.1) is 29.5 Å². The molecule has 10 heteroatoms. The summed E-state index contributed by atoms with van der Waals surface area (Å²) < 4.78 is 13.6. The van der Waals surface area contributed by atoms with Gasteiger partial charge in [-0.2, -0.15) is 5.01 Å².